The van der Waals surface area contributed by atoms with Gasteiger partial charge in [-0.1, -0.05) is 12.7 Å². The Morgan fingerprint density at radius 1 is 1.69 bits per heavy atom. The number of hydrogen-bond acceptors (Lipinski definition) is 3. The van der Waals surface area contributed by atoms with Gasteiger partial charge >= 0.3 is 7.60 Å². The molecule has 0 aromatic carbocycles. The molecule has 13 heavy (non-hydrogen) atoms. The lowest BCUT2D eigenvalue weighted by atomic mass is 10.3. The van der Waals surface area contributed by atoms with Gasteiger partial charge in [0.05, 0.1) is 12.8 Å². The lowest BCUT2D eigenvalue weighted by Gasteiger charge is -2.10. The molecule has 0 saturated heterocycles. The smallest absolute Gasteiger partial charge is 0.332 e. The number of primary amides is 1. The minimum absolute atomic E-state index is 0.0557. The third-order valence-corrected chi connectivity index (χ3v) is 2.47. The van der Waals surface area contributed by atoms with E-state index in [1.54, 1.807) is 0 Å². The molecule has 1 amide bonds. The molecule has 0 bridgehead atoms. The van der Waals surface area contributed by atoms with E-state index >= 15 is 0 Å². The van der Waals surface area contributed by atoms with Gasteiger partial charge in [-0.25, -0.2) is 0 Å². The highest BCUT2D eigenvalue weighted by Gasteiger charge is 2.21. The van der Waals surface area contributed by atoms with Gasteiger partial charge in [0.15, 0.2) is 0 Å². The Hall–Kier alpha value is -0.900. The first-order valence-electron chi connectivity index (χ1n) is 3.44. The SMILES string of the molecule is C=CCOP(=O)(O)CC(=C)C(N)=O. The Kier molecular flexibility index (Phi) is 4.62. The molecule has 0 aliphatic rings. The van der Waals surface area contributed by atoms with Crippen LogP contribution in [-0.2, 0) is 13.9 Å². The van der Waals surface area contributed by atoms with Gasteiger partial charge in [-0.15, -0.1) is 6.58 Å². The molecule has 0 heterocycles. The molecule has 0 aliphatic heterocycles. The van der Waals surface area contributed by atoms with Gasteiger partial charge in [0.25, 0.3) is 0 Å². The van der Waals surface area contributed by atoms with Crippen molar-refractivity contribution in [3.05, 3.63) is 24.8 Å². The fourth-order valence-electron chi connectivity index (χ4n) is 0.534. The standard InChI is InChI=1S/C7H12NO4P/c1-3-4-12-13(10,11)5-6(2)7(8)9/h3H,1-2,4-5H2,(H2,8,9)(H,10,11). The van der Waals surface area contributed by atoms with Crippen molar-refractivity contribution in [2.45, 2.75) is 0 Å². The molecule has 5 nitrogen and oxygen atoms in total. The average molecular weight is 205 g/mol. The summed E-state index contributed by atoms with van der Waals surface area (Å²) in [6.07, 6.45) is 0.881. The summed E-state index contributed by atoms with van der Waals surface area (Å²) >= 11 is 0. The van der Waals surface area contributed by atoms with Gasteiger partial charge in [-0.2, -0.15) is 0 Å². The summed E-state index contributed by atoms with van der Waals surface area (Å²) in [6.45, 7) is 6.49. The topological polar surface area (TPSA) is 89.6 Å². The maximum atomic E-state index is 11.1. The first-order chi connectivity index (χ1) is 5.89. The second-order valence-corrected chi connectivity index (χ2v) is 4.20. The van der Waals surface area contributed by atoms with Crippen LogP contribution < -0.4 is 5.73 Å². The predicted molar refractivity (Wildman–Crippen MR) is 49.2 cm³/mol. The maximum Gasteiger partial charge on any atom is 0.332 e. The Morgan fingerprint density at radius 2 is 2.23 bits per heavy atom. The highest BCUT2D eigenvalue weighted by molar-refractivity contribution is 7.53. The molecule has 74 valence electrons. The summed E-state index contributed by atoms with van der Waals surface area (Å²) in [5.74, 6) is -0.809. The lowest BCUT2D eigenvalue weighted by molar-refractivity contribution is -0.114. The van der Waals surface area contributed by atoms with E-state index in [0.29, 0.717) is 0 Å². The van der Waals surface area contributed by atoms with Crippen LogP contribution >= 0.6 is 7.60 Å². The summed E-state index contributed by atoms with van der Waals surface area (Å²) in [5, 5.41) is 0. The van der Waals surface area contributed by atoms with Crippen LogP contribution in [0.3, 0.4) is 0 Å². The minimum atomic E-state index is -3.79. The zero-order valence-corrected chi connectivity index (χ0v) is 8.00. The molecule has 0 aromatic heterocycles. The molecular weight excluding hydrogens is 193 g/mol. The monoisotopic (exact) mass is 205 g/mol. The number of amides is 1. The van der Waals surface area contributed by atoms with Gasteiger partial charge in [-0.05, 0) is 0 Å². The molecule has 0 aliphatic carbocycles. The molecular formula is C7H12NO4P. The second-order valence-electron chi connectivity index (χ2n) is 2.35. The van der Waals surface area contributed by atoms with Crippen molar-refractivity contribution in [3.8, 4) is 0 Å². The number of carbonyl (C=O) groups is 1. The normalized spacial score (nSPS) is 14.5. The second kappa shape index (κ2) is 4.97. The van der Waals surface area contributed by atoms with Crippen molar-refractivity contribution in [2.75, 3.05) is 12.8 Å². The molecule has 1 unspecified atom stereocenters. The van der Waals surface area contributed by atoms with Crippen LogP contribution in [0.15, 0.2) is 24.8 Å². The fourth-order valence-corrected chi connectivity index (χ4v) is 1.60. The first kappa shape index (κ1) is 12.1. The molecule has 0 radical (unpaired) electrons. The minimum Gasteiger partial charge on any atom is -0.366 e. The Bertz CT molecular complexity index is 274. The van der Waals surface area contributed by atoms with Gasteiger partial charge < -0.3 is 15.2 Å². The summed E-state index contributed by atoms with van der Waals surface area (Å²) in [7, 11) is -3.79. The van der Waals surface area contributed by atoms with E-state index < -0.39 is 19.7 Å². The maximum absolute atomic E-state index is 11.1. The molecule has 0 fully saturated rings. The molecule has 0 spiro atoms. The Labute approximate surface area is 76.4 Å². The summed E-state index contributed by atoms with van der Waals surface area (Å²) in [4.78, 5) is 19.5. The largest absolute Gasteiger partial charge is 0.366 e. The lowest BCUT2D eigenvalue weighted by Crippen LogP contribution is -2.16. The van der Waals surface area contributed by atoms with Crippen molar-refractivity contribution in [2.24, 2.45) is 5.73 Å². The van der Waals surface area contributed by atoms with Crippen LogP contribution in [0, 0.1) is 0 Å². The zero-order valence-electron chi connectivity index (χ0n) is 7.10. The van der Waals surface area contributed by atoms with Crippen LogP contribution in [-0.4, -0.2) is 23.6 Å². The summed E-state index contributed by atoms with van der Waals surface area (Å²) < 4.78 is 15.6. The van der Waals surface area contributed by atoms with Gasteiger partial charge in [0.1, 0.15) is 0 Å². The van der Waals surface area contributed by atoms with E-state index in [2.05, 4.69) is 17.7 Å². The van der Waals surface area contributed by atoms with Crippen molar-refractivity contribution in [1.82, 2.24) is 0 Å². The van der Waals surface area contributed by atoms with Crippen molar-refractivity contribution >= 4 is 13.5 Å². The highest BCUT2D eigenvalue weighted by Crippen LogP contribution is 2.43. The van der Waals surface area contributed by atoms with E-state index in [1.165, 1.54) is 6.08 Å². The van der Waals surface area contributed by atoms with Gasteiger partial charge in [0, 0.05) is 5.57 Å². The average Bonchev–Trinajstić information content (AvgIpc) is 2.00. The molecule has 3 N–H and O–H groups in total. The molecule has 6 heteroatoms. The van der Waals surface area contributed by atoms with Crippen LogP contribution in [0.4, 0.5) is 0 Å². The Balaban J connectivity index is 4.17. The van der Waals surface area contributed by atoms with Gasteiger partial charge in [0.2, 0.25) is 5.91 Å². The molecule has 0 rings (SSSR count). The van der Waals surface area contributed by atoms with Crippen molar-refractivity contribution in [1.29, 1.82) is 0 Å². The summed E-state index contributed by atoms with van der Waals surface area (Å²) in [6, 6.07) is 0. The van der Waals surface area contributed by atoms with Crippen LogP contribution in [0.25, 0.3) is 0 Å². The number of carbonyl (C=O) groups excluding carboxylic acids is 1. The van der Waals surface area contributed by atoms with E-state index in [0.717, 1.165) is 0 Å². The summed E-state index contributed by atoms with van der Waals surface area (Å²) in [5.41, 5.74) is 4.70. The third-order valence-electron chi connectivity index (χ3n) is 1.13. The van der Waals surface area contributed by atoms with E-state index in [9.17, 15) is 9.36 Å². The predicted octanol–water partition coefficient (Wildman–Crippen LogP) is 0.416. The first-order valence-corrected chi connectivity index (χ1v) is 5.20. The molecule has 0 saturated carbocycles. The van der Waals surface area contributed by atoms with E-state index in [1.807, 2.05) is 0 Å². The van der Waals surface area contributed by atoms with Crippen LogP contribution in [0.1, 0.15) is 0 Å². The van der Waals surface area contributed by atoms with Crippen LogP contribution in [0.5, 0.6) is 0 Å². The number of hydrogen-bond donors (Lipinski definition) is 2. The van der Waals surface area contributed by atoms with Crippen molar-refractivity contribution in [3.63, 3.8) is 0 Å². The van der Waals surface area contributed by atoms with E-state index in [-0.39, 0.29) is 12.2 Å². The number of rotatable bonds is 6. The quantitative estimate of drug-likeness (QED) is 0.373. The number of nitrogens with two attached hydrogens (primary N) is 1. The fraction of sp³-hybridized carbons (Fsp3) is 0.286. The molecule has 1 atom stereocenters. The van der Waals surface area contributed by atoms with Gasteiger partial charge in [-0.3, -0.25) is 9.36 Å². The third kappa shape index (κ3) is 5.36. The molecule has 0 aromatic rings. The Morgan fingerprint density at radius 3 is 2.62 bits per heavy atom. The van der Waals surface area contributed by atoms with Crippen LogP contribution in [0.2, 0.25) is 0 Å². The highest BCUT2D eigenvalue weighted by atomic mass is 31.2. The zero-order chi connectivity index (χ0) is 10.5. The van der Waals surface area contributed by atoms with Crippen molar-refractivity contribution < 1.29 is 18.8 Å². The van der Waals surface area contributed by atoms with E-state index in [4.69, 9.17) is 10.6 Å².